The first-order valence-corrected chi connectivity index (χ1v) is 11.1. The molecule has 1 aliphatic carbocycles. The van der Waals surface area contributed by atoms with Gasteiger partial charge in [0.05, 0.1) is 0 Å². The van der Waals surface area contributed by atoms with E-state index in [-0.39, 0.29) is 17.9 Å². The number of anilines is 1. The van der Waals surface area contributed by atoms with Gasteiger partial charge in [-0.05, 0) is 50.1 Å². The first kappa shape index (κ1) is 20.7. The van der Waals surface area contributed by atoms with Gasteiger partial charge in [0.25, 0.3) is 0 Å². The number of ether oxygens (including phenoxy) is 2. The largest absolute Gasteiger partial charge is 0.486 e. The van der Waals surface area contributed by atoms with E-state index in [9.17, 15) is 4.79 Å². The molecule has 30 heavy (non-hydrogen) atoms. The Bertz CT molecular complexity index is 808. The molecule has 1 saturated carbocycles. The third-order valence-corrected chi connectivity index (χ3v) is 5.82. The highest BCUT2D eigenvalue weighted by Gasteiger charge is 2.27. The molecule has 1 unspecified atom stereocenters. The summed E-state index contributed by atoms with van der Waals surface area (Å²) in [5.41, 5.74) is 0. The van der Waals surface area contributed by atoms with E-state index in [1.165, 1.54) is 6.42 Å². The van der Waals surface area contributed by atoms with Crippen molar-refractivity contribution in [1.29, 1.82) is 0 Å². The zero-order valence-electron chi connectivity index (χ0n) is 17.5. The van der Waals surface area contributed by atoms with E-state index in [0.29, 0.717) is 19.7 Å². The van der Waals surface area contributed by atoms with E-state index in [1.807, 2.05) is 47.4 Å². The number of pyridine rings is 1. The third kappa shape index (κ3) is 5.30. The van der Waals surface area contributed by atoms with Crippen LogP contribution in [0.4, 0.5) is 5.82 Å². The molecule has 6 nitrogen and oxygen atoms in total. The number of rotatable bonds is 8. The Hall–Kier alpha value is -2.60. The fraction of sp³-hybridized carbons (Fsp3) is 0.500. The number of carbonyl (C=O) groups is 1. The minimum absolute atomic E-state index is 0.00401. The molecule has 0 spiro atoms. The maximum absolute atomic E-state index is 13.2. The molecule has 1 fully saturated rings. The number of benzene rings is 1. The van der Waals surface area contributed by atoms with E-state index >= 15 is 0 Å². The van der Waals surface area contributed by atoms with Gasteiger partial charge in [0, 0.05) is 25.2 Å². The van der Waals surface area contributed by atoms with Crippen LogP contribution in [0.1, 0.15) is 38.5 Å². The maximum atomic E-state index is 13.2. The molecule has 0 saturated heterocycles. The van der Waals surface area contributed by atoms with Crippen molar-refractivity contribution in [3.05, 3.63) is 48.7 Å². The Morgan fingerprint density at radius 3 is 2.67 bits per heavy atom. The fourth-order valence-electron chi connectivity index (χ4n) is 4.21. The number of aromatic nitrogens is 1. The number of fused-ring (bicyclic) bond motifs is 1. The number of amides is 1. The molecule has 0 bridgehead atoms. The van der Waals surface area contributed by atoms with Crippen LogP contribution in [0.5, 0.6) is 11.5 Å². The molecule has 6 heteroatoms. The average Bonchev–Trinajstić information content (AvgIpc) is 2.82. The smallest absolute Gasteiger partial charge is 0.231 e. The van der Waals surface area contributed by atoms with Gasteiger partial charge >= 0.3 is 0 Å². The van der Waals surface area contributed by atoms with Gasteiger partial charge in [-0.1, -0.05) is 37.5 Å². The number of hydrogen-bond acceptors (Lipinski definition) is 5. The molecule has 0 radical (unpaired) electrons. The Kier molecular flexibility index (Phi) is 7.19. The van der Waals surface area contributed by atoms with Crippen molar-refractivity contribution < 1.29 is 14.3 Å². The number of para-hydroxylation sites is 2. The van der Waals surface area contributed by atoms with E-state index in [2.05, 4.69) is 10.3 Å². The summed E-state index contributed by atoms with van der Waals surface area (Å²) in [6, 6.07) is 13.5. The lowest BCUT2D eigenvalue weighted by Gasteiger charge is -2.29. The highest BCUT2D eigenvalue weighted by Crippen LogP contribution is 2.30. The molecule has 160 valence electrons. The van der Waals surface area contributed by atoms with Crippen LogP contribution in [0, 0.1) is 5.92 Å². The number of carbonyl (C=O) groups excluding carboxylic acids is 1. The minimum Gasteiger partial charge on any atom is -0.486 e. The second-order valence-electron chi connectivity index (χ2n) is 8.07. The Morgan fingerprint density at radius 1 is 1.07 bits per heavy atom. The summed E-state index contributed by atoms with van der Waals surface area (Å²) in [7, 11) is 0. The van der Waals surface area contributed by atoms with Gasteiger partial charge in [-0.3, -0.25) is 9.69 Å². The number of nitrogens with zero attached hydrogens (tertiary/aromatic N) is 2. The highest BCUT2D eigenvalue weighted by molar-refractivity contribution is 5.94. The normalized spacial score (nSPS) is 18.7. The zero-order chi connectivity index (χ0) is 20.6. The monoisotopic (exact) mass is 409 g/mol. The zero-order valence-corrected chi connectivity index (χ0v) is 17.5. The second-order valence-corrected chi connectivity index (χ2v) is 8.07. The summed E-state index contributed by atoms with van der Waals surface area (Å²) >= 11 is 0. The van der Waals surface area contributed by atoms with Gasteiger partial charge in [-0.25, -0.2) is 4.98 Å². The van der Waals surface area contributed by atoms with Crippen LogP contribution in [0.3, 0.4) is 0 Å². The van der Waals surface area contributed by atoms with Gasteiger partial charge in [0.2, 0.25) is 5.91 Å². The van der Waals surface area contributed by atoms with Crippen molar-refractivity contribution in [1.82, 2.24) is 10.3 Å². The Balaban J connectivity index is 1.25. The lowest BCUT2D eigenvalue weighted by molar-refractivity contribution is -0.123. The topological polar surface area (TPSA) is 63.7 Å². The summed E-state index contributed by atoms with van der Waals surface area (Å²) in [6.07, 6.45) is 8.17. The lowest BCUT2D eigenvalue weighted by atomic mass is 9.88. The molecule has 2 aliphatic rings. The SMILES string of the molecule is O=C(C1CCCCC1)N(CCCNCC1COc2ccccc2O1)c1ccccn1. The van der Waals surface area contributed by atoms with Crippen molar-refractivity contribution in [2.24, 2.45) is 5.92 Å². The van der Waals surface area contributed by atoms with E-state index in [1.54, 1.807) is 6.20 Å². The van der Waals surface area contributed by atoms with Crippen LogP contribution in [0.25, 0.3) is 0 Å². The fourth-order valence-corrected chi connectivity index (χ4v) is 4.21. The predicted octanol–water partition coefficient (Wildman–Crippen LogP) is 3.81. The molecule has 4 rings (SSSR count). The quantitative estimate of drug-likeness (QED) is 0.672. The molecule has 1 aromatic heterocycles. The Morgan fingerprint density at radius 2 is 1.87 bits per heavy atom. The van der Waals surface area contributed by atoms with Crippen molar-refractivity contribution in [2.45, 2.75) is 44.6 Å². The summed E-state index contributed by atoms with van der Waals surface area (Å²) in [6.45, 7) is 2.74. The van der Waals surface area contributed by atoms with Crippen molar-refractivity contribution >= 4 is 11.7 Å². The summed E-state index contributed by atoms with van der Waals surface area (Å²) in [4.78, 5) is 19.5. The highest BCUT2D eigenvalue weighted by atomic mass is 16.6. The molecule has 2 aromatic rings. The molecule has 1 atom stereocenters. The predicted molar refractivity (Wildman–Crippen MR) is 117 cm³/mol. The van der Waals surface area contributed by atoms with Crippen LogP contribution in [0.2, 0.25) is 0 Å². The number of hydrogen-bond donors (Lipinski definition) is 1. The molecule has 2 heterocycles. The summed E-state index contributed by atoms with van der Waals surface area (Å²) in [5.74, 6) is 2.74. The first-order valence-electron chi connectivity index (χ1n) is 11.1. The summed E-state index contributed by atoms with van der Waals surface area (Å²) in [5, 5.41) is 3.45. The van der Waals surface area contributed by atoms with Gasteiger partial charge < -0.3 is 14.8 Å². The van der Waals surface area contributed by atoms with E-state index in [4.69, 9.17) is 9.47 Å². The maximum Gasteiger partial charge on any atom is 0.231 e. The summed E-state index contributed by atoms with van der Waals surface area (Å²) < 4.78 is 11.7. The lowest BCUT2D eigenvalue weighted by Crippen LogP contribution is -2.41. The standard InChI is InChI=1S/C24H31N3O3/c28-24(19-9-2-1-3-10-19)27(23-13-6-7-15-26-23)16-8-14-25-17-20-18-29-21-11-4-5-12-22(21)30-20/h4-7,11-13,15,19-20,25H,1-3,8-10,14,16-18H2. The molecule has 1 amide bonds. The molecule has 1 aromatic carbocycles. The van der Waals surface area contributed by atoms with Gasteiger partial charge in [-0.15, -0.1) is 0 Å². The molecule has 1 N–H and O–H groups in total. The number of nitrogens with one attached hydrogen (secondary N) is 1. The van der Waals surface area contributed by atoms with Crippen LogP contribution in [-0.4, -0.2) is 43.2 Å². The van der Waals surface area contributed by atoms with E-state index < -0.39 is 0 Å². The second kappa shape index (κ2) is 10.4. The van der Waals surface area contributed by atoms with Crippen LogP contribution < -0.4 is 19.7 Å². The van der Waals surface area contributed by atoms with Crippen LogP contribution in [-0.2, 0) is 4.79 Å². The average molecular weight is 410 g/mol. The van der Waals surface area contributed by atoms with Crippen LogP contribution in [0.15, 0.2) is 48.7 Å². The van der Waals surface area contributed by atoms with Crippen molar-refractivity contribution in [2.75, 3.05) is 31.1 Å². The Labute approximate surface area is 178 Å². The van der Waals surface area contributed by atoms with Gasteiger partial charge in [0.15, 0.2) is 11.5 Å². The first-order chi connectivity index (χ1) is 14.8. The van der Waals surface area contributed by atoms with E-state index in [0.717, 1.165) is 56.0 Å². The molecular weight excluding hydrogens is 378 g/mol. The third-order valence-electron chi connectivity index (χ3n) is 5.82. The van der Waals surface area contributed by atoms with Gasteiger partial charge in [-0.2, -0.15) is 0 Å². The van der Waals surface area contributed by atoms with Gasteiger partial charge in [0.1, 0.15) is 18.5 Å². The molecular formula is C24H31N3O3. The van der Waals surface area contributed by atoms with Crippen molar-refractivity contribution in [3.63, 3.8) is 0 Å². The molecule has 1 aliphatic heterocycles. The minimum atomic E-state index is -0.00401. The van der Waals surface area contributed by atoms with Crippen molar-refractivity contribution in [3.8, 4) is 11.5 Å². The van der Waals surface area contributed by atoms with Crippen LogP contribution >= 0.6 is 0 Å².